The van der Waals surface area contributed by atoms with Crippen LogP contribution in [0, 0.1) is 12.3 Å². The zero-order valence-electron chi connectivity index (χ0n) is 8.25. The summed E-state index contributed by atoms with van der Waals surface area (Å²) < 4.78 is 0. The van der Waals surface area contributed by atoms with Gasteiger partial charge in [-0.3, -0.25) is 9.69 Å². The van der Waals surface area contributed by atoms with E-state index in [1.165, 1.54) is 0 Å². The summed E-state index contributed by atoms with van der Waals surface area (Å²) >= 11 is 0. The minimum atomic E-state index is 0.395. The number of carbonyl (C=O) groups excluding carboxylic acids is 1. The van der Waals surface area contributed by atoms with Gasteiger partial charge in [0.15, 0.2) is 0 Å². The maximum absolute atomic E-state index is 11.0. The highest BCUT2D eigenvalue weighted by Gasteiger charge is 2.21. The minimum Gasteiger partial charge on any atom is -0.300 e. The highest BCUT2D eigenvalue weighted by molar-refractivity contribution is 5.79. The maximum Gasteiger partial charge on any atom is 0.135 e. The van der Waals surface area contributed by atoms with E-state index >= 15 is 0 Å². The molecule has 0 radical (unpaired) electrons. The number of likely N-dealkylation sites (tertiary alicyclic amines) is 1. The molecule has 1 rings (SSSR count). The lowest BCUT2D eigenvalue weighted by molar-refractivity contribution is -0.121. The number of nitrogens with zero attached hydrogens (tertiary/aromatic N) is 1. The largest absolute Gasteiger partial charge is 0.300 e. The Bertz CT molecular complexity index is 207. The van der Waals surface area contributed by atoms with Crippen LogP contribution in [0.25, 0.3) is 0 Å². The molecule has 0 aliphatic carbocycles. The first-order chi connectivity index (χ1) is 6.27. The number of piperidine rings is 1. The summed E-state index contributed by atoms with van der Waals surface area (Å²) in [5, 5.41) is 0. The SMILES string of the molecule is C#CCC(CC)N1CCC(=O)CC1. The second kappa shape index (κ2) is 5.04. The minimum absolute atomic E-state index is 0.395. The lowest BCUT2D eigenvalue weighted by Gasteiger charge is -2.32. The molecule has 1 aliphatic rings. The van der Waals surface area contributed by atoms with E-state index in [-0.39, 0.29) is 0 Å². The van der Waals surface area contributed by atoms with E-state index in [9.17, 15) is 4.79 Å². The van der Waals surface area contributed by atoms with Crippen LogP contribution >= 0.6 is 0 Å². The number of hydrogen-bond acceptors (Lipinski definition) is 2. The fourth-order valence-electron chi connectivity index (χ4n) is 1.81. The van der Waals surface area contributed by atoms with Crippen molar-refractivity contribution in [1.29, 1.82) is 0 Å². The van der Waals surface area contributed by atoms with Gasteiger partial charge in [0.2, 0.25) is 0 Å². The molecule has 0 bridgehead atoms. The third-order valence-corrected chi connectivity index (χ3v) is 2.70. The van der Waals surface area contributed by atoms with Gasteiger partial charge in [0.1, 0.15) is 5.78 Å². The molecule has 1 saturated heterocycles. The Morgan fingerprint density at radius 1 is 1.54 bits per heavy atom. The first-order valence-corrected chi connectivity index (χ1v) is 4.97. The lowest BCUT2D eigenvalue weighted by atomic mass is 10.0. The molecule has 0 amide bonds. The third kappa shape index (κ3) is 2.86. The van der Waals surface area contributed by atoms with E-state index in [0.717, 1.165) is 25.9 Å². The average molecular weight is 179 g/mol. The molecule has 1 fully saturated rings. The normalized spacial score (nSPS) is 21.1. The predicted molar refractivity (Wildman–Crippen MR) is 53.3 cm³/mol. The molecule has 1 heterocycles. The molecule has 2 nitrogen and oxygen atoms in total. The standard InChI is InChI=1S/C11H17NO/c1-3-5-10(4-2)12-8-6-11(13)7-9-12/h1,10H,4-9H2,2H3. The van der Waals surface area contributed by atoms with Crippen molar-refractivity contribution < 1.29 is 4.79 Å². The third-order valence-electron chi connectivity index (χ3n) is 2.70. The number of hydrogen-bond donors (Lipinski definition) is 0. The quantitative estimate of drug-likeness (QED) is 0.611. The van der Waals surface area contributed by atoms with Crippen molar-refractivity contribution in [3.05, 3.63) is 0 Å². The summed E-state index contributed by atoms with van der Waals surface area (Å²) in [6.07, 6.45) is 8.61. The van der Waals surface area contributed by atoms with Crippen LogP contribution in [0.3, 0.4) is 0 Å². The lowest BCUT2D eigenvalue weighted by Crippen LogP contribution is -2.41. The molecule has 13 heavy (non-hydrogen) atoms. The molecule has 2 heteroatoms. The Balaban J connectivity index is 2.41. The van der Waals surface area contributed by atoms with Crippen molar-refractivity contribution in [2.45, 2.75) is 38.6 Å². The molecule has 0 aromatic carbocycles. The number of Topliss-reactive ketones (excluding diaryl/α,β-unsaturated/α-hetero) is 1. The molecular weight excluding hydrogens is 162 g/mol. The molecule has 0 saturated carbocycles. The number of rotatable bonds is 3. The Morgan fingerprint density at radius 3 is 2.62 bits per heavy atom. The second-order valence-corrected chi connectivity index (χ2v) is 3.54. The van der Waals surface area contributed by atoms with E-state index < -0.39 is 0 Å². The first-order valence-electron chi connectivity index (χ1n) is 4.97. The van der Waals surface area contributed by atoms with Crippen molar-refractivity contribution in [3.63, 3.8) is 0 Å². The summed E-state index contributed by atoms with van der Waals surface area (Å²) in [6, 6.07) is 0.484. The molecule has 1 aliphatic heterocycles. The van der Waals surface area contributed by atoms with Crippen LogP contribution < -0.4 is 0 Å². The van der Waals surface area contributed by atoms with Crippen molar-refractivity contribution in [3.8, 4) is 12.3 Å². The van der Waals surface area contributed by atoms with E-state index in [1.807, 2.05) is 0 Å². The van der Waals surface area contributed by atoms with Gasteiger partial charge in [-0.2, -0.15) is 0 Å². The van der Waals surface area contributed by atoms with E-state index in [1.54, 1.807) is 0 Å². The van der Waals surface area contributed by atoms with Crippen LogP contribution in [-0.2, 0) is 4.79 Å². The molecule has 72 valence electrons. The predicted octanol–water partition coefficient (Wildman–Crippen LogP) is 1.45. The van der Waals surface area contributed by atoms with Crippen molar-refractivity contribution in [2.24, 2.45) is 0 Å². The van der Waals surface area contributed by atoms with Gasteiger partial charge in [0.05, 0.1) is 0 Å². The summed E-state index contributed by atoms with van der Waals surface area (Å²) in [7, 11) is 0. The van der Waals surface area contributed by atoms with Crippen molar-refractivity contribution in [2.75, 3.05) is 13.1 Å². The fraction of sp³-hybridized carbons (Fsp3) is 0.727. The highest BCUT2D eigenvalue weighted by Crippen LogP contribution is 2.14. The van der Waals surface area contributed by atoms with Gasteiger partial charge < -0.3 is 0 Å². The summed E-state index contributed by atoms with van der Waals surface area (Å²) in [5.41, 5.74) is 0. The zero-order valence-corrected chi connectivity index (χ0v) is 8.25. The van der Waals surface area contributed by atoms with Crippen LogP contribution in [0.15, 0.2) is 0 Å². The maximum atomic E-state index is 11.0. The van der Waals surface area contributed by atoms with Gasteiger partial charge >= 0.3 is 0 Å². The van der Waals surface area contributed by atoms with Crippen molar-refractivity contribution >= 4 is 5.78 Å². The first kappa shape index (κ1) is 10.3. The molecule has 0 N–H and O–H groups in total. The smallest absolute Gasteiger partial charge is 0.135 e. The van der Waals surface area contributed by atoms with Crippen LogP contribution in [0.1, 0.15) is 32.6 Å². The Morgan fingerprint density at radius 2 is 2.15 bits per heavy atom. The molecule has 1 atom stereocenters. The topological polar surface area (TPSA) is 20.3 Å². The summed E-state index contributed by atoms with van der Waals surface area (Å²) in [6.45, 7) is 3.95. The fourth-order valence-corrected chi connectivity index (χ4v) is 1.81. The Labute approximate surface area is 80.3 Å². The zero-order chi connectivity index (χ0) is 9.68. The van der Waals surface area contributed by atoms with Gasteiger partial charge in [-0.1, -0.05) is 6.92 Å². The molecule has 0 aromatic rings. The number of ketones is 1. The van der Waals surface area contributed by atoms with Crippen LogP contribution in [0.2, 0.25) is 0 Å². The summed E-state index contributed by atoms with van der Waals surface area (Å²) in [5.74, 6) is 3.10. The van der Waals surface area contributed by atoms with E-state index in [0.29, 0.717) is 24.7 Å². The van der Waals surface area contributed by atoms with Crippen LogP contribution in [0.5, 0.6) is 0 Å². The second-order valence-electron chi connectivity index (χ2n) is 3.54. The van der Waals surface area contributed by atoms with E-state index in [4.69, 9.17) is 6.42 Å². The van der Waals surface area contributed by atoms with Gasteiger partial charge in [-0.15, -0.1) is 12.3 Å². The van der Waals surface area contributed by atoms with Gasteiger partial charge in [0, 0.05) is 38.4 Å². The summed E-state index contributed by atoms with van der Waals surface area (Å²) in [4.78, 5) is 13.4. The Hall–Kier alpha value is -0.810. The van der Waals surface area contributed by atoms with Crippen molar-refractivity contribution in [1.82, 2.24) is 4.90 Å². The number of carbonyl (C=O) groups is 1. The highest BCUT2D eigenvalue weighted by atomic mass is 16.1. The van der Waals surface area contributed by atoms with E-state index in [2.05, 4.69) is 17.7 Å². The molecule has 0 spiro atoms. The van der Waals surface area contributed by atoms with Gasteiger partial charge in [0.25, 0.3) is 0 Å². The van der Waals surface area contributed by atoms with Crippen LogP contribution in [0.4, 0.5) is 0 Å². The molecule has 0 aromatic heterocycles. The molecule has 1 unspecified atom stereocenters. The van der Waals surface area contributed by atoms with Crippen LogP contribution in [-0.4, -0.2) is 29.8 Å². The number of terminal acetylenes is 1. The van der Waals surface area contributed by atoms with Gasteiger partial charge in [-0.25, -0.2) is 0 Å². The average Bonchev–Trinajstić information content (AvgIpc) is 2.16. The molecular formula is C11H17NO. The monoisotopic (exact) mass is 179 g/mol. The Kier molecular flexibility index (Phi) is 3.98. The van der Waals surface area contributed by atoms with Gasteiger partial charge in [-0.05, 0) is 6.42 Å².